The van der Waals surface area contributed by atoms with Crippen molar-refractivity contribution in [1.82, 2.24) is 0 Å². The summed E-state index contributed by atoms with van der Waals surface area (Å²) in [6.07, 6.45) is 0.124. The van der Waals surface area contributed by atoms with Gasteiger partial charge in [0, 0.05) is 11.5 Å². The summed E-state index contributed by atoms with van der Waals surface area (Å²) in [6, 6.07) is 8.32. The van der Waals surface area contributed by atoms with E-state index in [9.17, 15) is 13.2 Å². The molecule has 2 N–H and O–H groups in total. The Bertz CT molecular complexity index is 599. The molecule has 5 heteroatoms. The largest absolute Gasteiger partial charge is 0.330 e. The summed E-state index contributed by atoms with van der Waals surface area (Å²) in [5.74, 6) is -1.85. The molecule has 2 aromatic rings. The van der Waals surface area contributed by atoms with Crippen LogP contribution in [-0.4, -0.2) is 6.54 Å². The number of hydrogen-bond donors (Lipinski definition) is 1. The first-order valence-corrected chi connectivity index (χ1v) is 6.90. The van der Waals surface area contributed by atoms with Crippen LogP contribution in [0.5, 0.6) is 0 Å². The maximum atomic E-state index is 14.0. The van der Waals surface area contributed by atoms with Crippen LogP contribution >= 0.6 is 15.9 Å². The summed E-state index contributed by atoms with van der Waals surface area (Å²) in [5.41, 5.74) is 6.42. The Balaban J connectivity index is 2.31. The van der Waals surface area contributed by atoms with Crippen molar-refractivity contribution in [2.45, 2.75) is 12.3 Å². The quantitative estimate of drug-likeness (QED) is 0.829. The van der Waals surface area contributed by atoms with Crippen molar-refractivity contribution in [1.29, 1.82) is 0 Å². The zero-order valence-corrected chi connectivity index (χ0v) is 12.1. The summed E-state index contributed by atoms with van der Waals surface area (Å²) in [6.45, 7) is 0.219. The van der Waals surface area contributed by atoms with Gasteiger partial charge in [0.25, 0.3) is 0 Å². The molecular formula is C15H13BrF3N. The van der Waals surface area contributed by atoms with Crippen molar-refractivity contribution in [3.63, 3.8) is 0 Å². The molecule has 1 unspecified atom stereocenters. The Morgan fingerprint density at radius 3 is 2.25 bits per heavy atom. The lowest BCUT2D eigenvalue weighted by molar-refractivity contribution is 0.534. The maximum absolute atomic E-state index is 14.0. The number of hydrogen-bond acceptors (Lipinski definition) is 1. The molecule has 0 bridgehead atoms. The number of rotatable bonds is 4. The predicted molar refractivity (Wildman–Crippen MR) is 76.0 cm³/mol. The average molecular weight is 344 g/mol. The predicted octanol–water partition coefficient (Wildman–Crippen LogP) is 4.15. The zero-order valence-electron chi connectivity index (χ0n) is 10.5. The molecule has 106 valence electrons. The van der Waals surface area contributed by atoms with Crippen molar-refractivity contribution in [3.05, 3.63) is 69.4 Å². The fraction of sp³-hybridized carbons (Fsp3) is 0.200. The topological polar surface area (TPSA) is 26.0 Å². The van der Waals surface area contributed by atoms with E-state index in [2.05, 4.69) is 15.9 Å². The second kappa shape index (κ2) is 6.41. The Morgan fingerprint density at radius 2 is 1.65 bits per heavy atom. The first-order chi connectivity index (χ1) is 9.52. The lowest BCUT2D eigenvalue weighted by Gasteiger charge is -2.16. The lowest BCUT2D eigenvalue weighted by Crippen LogP contribution is -2.16. The number of benzene rings is 2. The molecule has 0 fully saturated rings. The minimum absolute atomic E-state index is 0.0147. The van der Waals surface area contributed by atoms with E-state index in [4.69, 9.17) is 5.73 Å². The molecule has 0 aromatic heterocycles. The molecule has 0 amide bonds. The van der Waals surface area contributed by atoms with Gasteiger partial charge in [-0.25, -0.2) is 13.2 Å². The Hall–Kier alpha value is -1.33. The van der Waals surface area contributed by atoms with Crippen LogP contribution < -0.4 is 5.73 Å². The van der Waals surface area contributed by atoms with Gasteiger partial charge in [0.1, 0.15) is 17.5 Å². The van der Waals surface area contributed by atoms with E-state index in [0.29, 0.717) is 0 Å². The minimum Gasteiger partial charge on any atom is -0.330 e. The summed E-state index contributed by atoms with van der Waals surface area (Å²) in [4.78, 5) is 0. The third-order valence-electron chi connectivity index (χ3n) is 3.22. The van der Waals surface area contributed by atoms with Crippen molar-refractivity contribution in [3.8, 4) is 0 Å². The van der Waals surface area contributed by atoms with Gasteiger partial charge in [0.05, 0.1) is 4.47 Å². The highest BCUT2D eigenvalue weighted by molar-refractivity contribution is 9.10. The zero-order chi connectivity index (χ0) is 14.7. The van der Waals surface area contributed by atoms with Crippen molar-refractivity contribution in [2.24, 2.45) is 5.73 Å². The minimum atomic E-state index is -0.620. The van der Waals surface area contributed by atoms with Crippen LogP contribution in [0.2, 0.25) is 0 Å². The van der Waals surface area contributed by atoms with E-state index in [1.807, 2.05) is 0 Å². The average Bonchev–Trinajstić information content (AvgIpc) is 2.45. The summed E-state index contributed by atoms with van der Waals surface area (Å²) >= 11 is 3.04. The highest BCUT2D eigenvalue weighted by Gasteiger charge is 2.18. The monoisotopic (exact) mass is 343 g/mol. The second-order valence-electron chi connectivity index (χ2n) is 4.51. The van der Waals surface area contributed by atoms with Gasteiger partial charge in [-0.2, -0.15) is 0 Å². The third kappa shape index (κ3) is 3.22. The van der Waals surface area contributed by atoms with Crippen molar-refractivity contribution >= 4 is 15.9 Å². The Kier molecular flexibility index (Phi) is 4.83. The maximum Gasteiger partial charge on any atom is 0.143 e. The van der Waals surface area contributed by atoms with Gasteiger partial charge < -0.3 is 5.73 Å². The van der Waals surface area contributed by atoms with Crippen LogP contribution in [-0.2, 0) is 6.42 Å². The SMILES string of the molecule is NCC(Cc1c(F)ccc(Br)c1F)c1ccc(F)cc1. The van der Waals surface area contributed by atoms with E-state index in [-0.39, 0.29) is 34.7 Å². The second-order valence-corrected chi connectivity index (χ2v) is 5.36. The summed E-state index contributed by atoms with van der Waals surface area (Å²) < 4.78 is 40.8. The molecule has 1 nitrogen and oxygen atoms in total. The van der Waals surface area contributed by atoms with Crippen LogP contribution in [0.4, 0.5) is 13.2 Å². The van der Waals surface area contributed by atoms with Gasteiger partial charge in [0.2, 0.25) is 0 Å². The number of nitrogens with two attached hydrogens (primary N) is 1. The van der Waals surface area contributed by atoms with E-state index < -0.39 is 11.6 Å². The lowest BCUT2D eigenvalue weighted by atomic mass is 9.91. The van der Waals surface area contributed by atoms with Crippen LogP contribution in [0.25, 0.3) is 0 Å². The normalized spacial score (nSPS) is 12.4. The van der Waals surface area contributed by atoms with Gasteiger partial charge in [-0.1, -0.05) is 12.1 Å². The van der Waals surface area contributed by atoms with E-state index in [1.54, 1.807) is 12.1 Å². The first-order valence-electron chi connectivity index (χ1n) is 6.10. The fourth-order valence-electron chi connectivity index (χ4n) is 2.07. The molecule has 0 saturated carbocycles. The molecule has 0 saturated heterocycles. The molecule has 0 aliphatic heterocycles. The van der Waals surface area contributed by atoms with Crippen LogP contribution in [0.15, 0.2) is 40.9 Å². The molecule has 0 spiro atoms. The highest BCUT2D eigenvalue weighted by Crippen LogP contribution is 2.27. The van der Waals surface area contributed by atoms with Crippen LogP contribution in [0.1, 0.15) is 17.0 Å². The van der Waals surface area contributed by atoms with Gasteiger partial charge >= 0.3 is 0 Å². The molecule has 2 rings (SSSR count). The van der Waals surface area contributed by atoms with E-state index in [1.165, 1.54) is 24.3 Å². The fourth-order valence-corrected chi connectivity index (χ4v) is 2.45. The molecule has 2 aromatic carbocycles. The molecule has 20 heavy (non-hydrogen) atoms. The van der Waals surface area contributed by atoms with Crippen molar-refractivity contribution in [2.75, 3.05) is 6.54 Å². The highest BCUT2D eigenvalue weighted by atomic mass is 79.9. The van der Waals surface area contributed by atoms with Gasteiger partial charge in [0.15, 0.2) is 0 Å². The van der Waals surface area contributed by atoms with Gasteiger partial charge in [-0.3, -0.25) is 0 Å². The first kappa shape index (κ1) is 15.1. The standard InChI is InChI=1S/C15H13BrF3N/c16-13-5-6-14(18)12(15(13)19)7-10(8-20)9-1-3-11(17)4-2-9/h1-6,10H,7-8,20H2. The summed E-state index contributed by atoms with van der Waals surface area (Å²) in [7, 11) is 0. The molecule has 0 aliphatic carbocycles. The Labute approximate surface area is 123 Å². The van der Waals surface area contributed by atoms with Crippen LogP contribution in [0.3, 0.4) is 0 Å². The molecule has 0 radical (unpaired) electrons. The third-order valence-corrected chi connectivity index (χ3v) is 3.83. The van der Waals surface area contributed by atoms with Crippen molar-refractivity contribution < 1.29 is 13.2 Å². The van der Waals surface area contributed by atoms with Gasteiger partial charge in [-0.05, 0) is 58.7 Å². The van der Waals surface area contributed by atoms with Crippen LogP contribution in [0, 0.1) is 17.5 Å². The molecule has 0 heterocycles. The summed E-state index contributed by atoms with van der Waals surface area (Å²) in [5, 5.41) is 0. The molecule has 0 aliphatic rings. The number of halogens is 4. The Morgan fingerprint density at radius 1 is 1.00 bits per heavy atom. The molecular weight excluding hydrogens is 331 g/mol. The van der Waals surface area contributed by atoms with E-state index >= 15 is 0 Å². The van der Waals surface area contributed by atoms with E-state index in [0.717, 1.165) is 5.56 Å². The van der Waals surface area contributed by atoms with Gasteiger partial charge in [-0.15, -0.1) is 0 Å². The molecule has 1 atom stereocenters. The smallest absolute Gasteiger partial charge is 0.143 e.